The van der Waals surface area contributed by atoms with E-state index in [4.69, 9.17) is 14.3 Å². The summed E-state index contributed by atoms with van der Waals surface area (Å²) in [5.74, 6) is -1.34. The number of carbonyl (C=O) groups excluding carboxylic acids is 5. The monoisotopic (exact) mass is 600 g/mol. The van der Waals surface area contributed by atoms with Gasteiger partial charge in [-0.3, -0.25) is 24.1 Å². The van der Waals surface area contributed by atoms with Crippen LogP contribution in [-0.2, 0) is 38.3 Å². The van der Waals surface area contributed by atoms with Crippen LogP contribution in [0.2, 0.25) is 0 Å². The lowest BCUT2D eigenvalue weighted by Gasteiger charge is -2.38. The molecular formula is C28H48N4O8S. The highest BCUT2D eigenvalue weighted by Gasteiger charge is 2.32. The molecule has 0 aromatic rings. The number of amides is 4. The van der Waals surface area contributed by atoms with Crippen LogP contribution in [0.15, 0.2) is 0 Å². The first-order chi connectivity index (χ1) is 19.3. The SMILES string of the molecule is CC(C)(C)CN1CCN(C(=O)CCC(C)(C)SCC(=O)NCCOCCOCCC(=O)ON2C(=O)CCC2=O)CC1. The lowest BCUT2D eigenvalue weighted by molar-refractivity contribution is -0.198. The maximum absolute atomic E-state index is 12.7. The highest BCUT2D eigenvalue weighted by molar-refractivity contribution is 8.01. The third-order valence-electron chi connectivity index (χ3n) is 6.55. The fourth-order valence-corrected chi connectivity index (χ4v) is 5.19. The third-order valence-corrected chi connectivity index (χ3v) is 7.94. The zero-order chi connectivity index (χ0) is 30.5. The molecule has 0 atom stereocenters. The van der Waals surface area contributed by atoms with Crippen molar-refractivity contribution in [2.45, 2.75) is 71.5 Å². The van der Waals surface area contributed by atoms with Crippen LogP contribution >= 0.6 is 11.8 Å². The molecular weight excluding hydrogens is 552 g/mol. The third kappa shape index (κ3) is 14.5. The molecule has 2 fully saturated rings. The second kappa shape index (κ2) is 17.0. The molecule has 0 spiro atoms. The van der Waals surface area contributed by atoms with Crippen LogP contribution in [0.1, 0.15) is 66.7 Å². The summed E-state index contributed by atoms with van der Waals surface area (Å²) in [4.78, 5) is 68.6. The summed E-state index contributed by atoms with van der Waals surface area (Å²) < 4.78 is 10.5. The molecule has 13 heteroatoms. The quantitative estimate of drug-likeness (QED) is 0.194. The second-order valence-electron chi connectivity index (χ2n) is 12.1. The minimum Gasteiger partial charge on any atom is -0.378 e. The molecule has 0 aliphatic carbocycles. The number of imide groups is 1. The van der Waals surface area contributed by atoms with E-state index in [2.05, 4.69) is 44.8 Å². The molecule has 0 aromatic carbocycles. The molecule has 2 aliphatic rings. The molecule has 0 unspecified atom stereocenters. The molecule has 0 aromatic heterocycles. The number of hydrogen-bond acceptors (Lipinski definition) is 10. The first-order valence-corrected chi connectivity index (χ1v) is 15.4. The molecule has 1 N–H and O–H groups in total. The Morgan fingerprint density at radius 2 is 1.46 bits per heavy atom. The van der Waals surface area contributed by atoms with Gasteiger partial charge in [-0.05, 0) is 11.8 Å². The van der Waals surface area contributed by atoms with E-state index in [1.165, 1.54) is 0 Å². The average Bonchev–Trinajstić information content (AvgIpc) is 3.21. The fourth-order valence-electron chi connectivity index (χ4n) is 4.32. The van der Waals surface area contributed by atoms with E-state index < -0.39 is 17.8 Å². The Balaban J connectivity index is 1.45. The predicted octanol–water partition coefficient (Wildman–Crippen LogP) is 1.62. The summed E-state index contributed by atoms with van der Waals surface area (Å²) in [6.07, 6.45) is 1.20. The van der Waals surface area contributed by atoms with Crippen molar-refractivity contribution in [1.82, 2.24) is 20.2 Å². The summed E-state index contributed by atoms with van der Waals surface area (Å²) in [7, 11) is 0. The van der Waals surface area contributed by atoms with Gasteiger partial charge in [-0.15, -0.1) is 16.8 Å². The Morgan fingerprint density at radius 3 is 2.07 bits per heavy atom. The summed E-state index contributed by atoms with van der Waals surface area (Å²) in [5, 5.41) is 3.34. The topological polar surface area (TPSA) is 135 Å². The van der Waals surface area contributed by atoms with Crippen molar-refractivity contribution in [2.24, 2.45) is 5.41 Å². The number of hydroxylamine groups is 2. The van der Waals surface area contributed by atoms with Gasteiger partial charge in [0.2, 0.25) is 11.8 Å². The first-order valence-electron chi connectivity index (χ1n) is 14.4. The van der Waals surface area contributed by atoms with Crippen LogP contribution in [-0.4, -0.2) is 121 Å². The van der Waals surface area contributed by atoms with E-state index in [0.717, 1.165) is 32.7 Å². The van der Waals surface area contributed by atoms with Crippen molar-refractivity contribution in [3.05, 3.63) is 0 Å². The van der Waals surface area contributed by atoms with Gasteiger partial charge in [0.25, 0.3) is 11.8 Å². The highest BCUT2D eigenvalue weighted by Crippen LogP contribution is 2.29. The van der Waals surface area contributed by atoms with Crippen LogP contribution < -0.4 is 5.32 Å². The maximum Gasteiger partial charge on any atom is 0.335 e. The van der Waals surface area contributed by atoms with Gasteiger partial charge in [0.15, 0.2) is 0 Å². The number of rotatable bonds is 17. The standard InChI is InChI=1S/C28H48N4O8S/c1-27(2,3)21-30-12-14-31(15-13-30)23(34)8-10-28(4,5)41-20-22(33)29-11-17-39-19-18-38-16-9-26(37)40-32-24(35)6-7-25(32)36/h6-21H2,1-5H3,(H,29,33). The minimum atomic E-state index is -0.713. The molecule has 0 saturated carbocycles. The normalized spacial score (nSPS) is 16.8. The highest BCUT2D eigenvalue weighted by atomic mass is 32.2. The van der Waals surface area contributed by atoms with Crippen molar-refractivity contribution in [3.8, 4) is 0 Å². The maximum atomic E-state index is 12.7. The Labute approximate surface area is 248 Å². The summed E-state index contributed by atoms with van der Waals surface area (Å²) in [6.45, 7) is 16.5. The minimum absolute atomic E-state index is 0.0516. The van der Waals surface area contributed by atoms with Gasteiger partial charge in [-0.25, -0.2) is 4.79 Å². The zero-order valence-electron chi connectivity index (χ0n) is 25.3. The van der Waals surface area contributed by atoms with Crippen LogP contribution in [0.4, 0.5) is 0 Å². The van der Waals surface area contributed by atoms with Gasteiger partial charge in [0, 0.05) is 63.3 Å². The Hall–Kier alpha value is -2.22. The number of thioether (sulfide) groups is 1. The molecule has 4 amide bonds. The number of hydrogen-bond donors (Lipinski definition) is 1. The van der Waals surface area contributed by atoms with E-state index in [1.807, 2.05) is 4.90 Å². The van der Waals surface area contributed by atoms with Gasteiger partial charge >= 0.3 is 5.97 Å². The van der Waals surface area contributed by atoms with E-state index >= 15 is 0 Å². The zero-order valence-corrected chi connectivity index (χ0v) is 26.1. The van der Waals surface area contributed by atoms with Crippen LogP contribution in [0.25, 0.3) is 0 Å². The Morgan fingerprint density at radius 1 is 0.854 bits per heavy atom. The molecule has 12 nitrogen and oxygen atoms in total. The molecule has 2 saturated heterocycles. The molecule has 2 rings (SSSR count). The van der Waals surface area contributed by atoms with Gasteiger partial charge in [-0.2, -0.15) is 0 Å². The summed E-state index contributed by atoms with van der Waals surface area (Å²) in [5.41, 5.74) is 0.255. The predicted molar refractivity (Wildman–Crippen MR) is 155 cm³/mol. The molecule has 0 radical (unpaired) electrons. The Kier molecular flexibility index (Phi) is 14.5. The van der Waals surface area contributed by atoms with Gasteiger partial charge < -0.3 is 24.5 Å². The molecule has 2 aliphatic heterocycles. The lowest BCUT2D eigenvalue weighted by Crippen LogP contribution is -2.50. The van der Waals surface area contributed by atoms with Crippen LogP contribution in [0.5, 0.6) is 0 Å². The van der Waals surface area contributed by atoms with Gasteiger partial charge in [0.1, 0.15) is 0 Å². The molecule has 2 heterocycles. The van der Waals surface area contributed by atoms with E-state index in [0.29, 0.717) is 36.8 Å². The van der Waals surface area contributed by atoms with E-state index in [9.17, 15) is 24.0 Å². The first kappa shape index (κ1) is 35.0. The lowest BCUT2D eigenvalue weighted by atomic mass is 9.96. The van der Waals surface area contributed by atoms with Gasteiger partial charge in [0.05, 0.1) is 38.6 Å². The second-order valence-corrected chi connectivity index (χ2v) is 13.8. The average molecular weight is 601 g/mol. The van der Waals surface area contributed by atoms with Crippen molar-refractivity contribution in [1.29, 1.82) is 0 Å². The van der Waals surface area contributed by atoms with E-state index in [1.54, 1.807) is 11.8 Å². The number of carbonyl (C=O) groups is 5. The van der Waals surface area contributed by atoms with Crippen molar-refractivity contribution < 1.29 is 38.3 Å². The van der Waals surface area contributed by atoms with Crippen molar-refractivity contribution in [3.63, 3.8) is 0 Å². The van der Waals surface area contributed by atoms with Crippen molar-refractivity contribution >= 4 is 41.4 Å². The molecule has 41 heavy (non-hydrogen) atoms. The summed E-state index contributed by atoms with van der Waals surface area (Å²) >= 11 is 1.54. The number of piperazine rings is 1. The van der Waals surface area contributed by atoms with E-state index in [-0.39, 0.29) is 61.1 Å². The summed E-state index contributed by atoms with van der Waals surface area (Å²) in [6, 6.07) is 0. The largest absolute Gasteiger partial charge is 0.378 e. The molecule has 234 valence electrons. The Bertz CT molecular complexity index is 884. The number of nitrogens with one attached hydrogen (secondary N) is 1. The smallest absolute Gasteiger partial charge is 0.335 e. The van der Waals surface area contributed by atoms with Gasteiger partial charge in [-0.1, -0.05) is 34.6 Å². The molecule has 0 bridgehead atoms. The number of nitrogens with zero attached hydrogens (tertiary/aromatic N) is 3. The fraction of sp³-hybridized carbons (Fsp3) is 0.821. The number of ether oxygens (including phenoxy) is 2. The van der Waals surface area contributed by atoms with Crippen molar-refractivity contribution in [2.75, 3.05) is 71.4 Å². The van der Waals surface area contributed by atoms with Crippen LogP contribution in [0.3, 0.4) is 0 Å². The van der Waals surface area contributed by atoms with Crippen LogP contribution in [0, 0.1) is 5.41 Å².